The minimum Gasteiger partial charge on any atom is -0.378 e. The van der Waals surface area contributed by atoms with Gasteiger partial charge in [-0.2, -0.15) is 0 Å². The number of nitrogens with two attached hydrogens (primary N) is 1. The number of rotatable bonds is 5. The first-order chi connectivity index (χ1) is 8.11. The van der Waals surface area contributed by atoms with Crippen LogP contribution in [0, 0.1) is 5.92 Å². The van der Waals surface area contributed by atoms with E-state index in [2.05, 4.69) is 23.8 Å². The zero-order valence-electron chi connectivity index (χ0n) is 10.8. The summed E-state index contributed by atoms with van der Waals surface area (Å²) in [5.74, 6) is 1.75. The molecule has 1 aromatic heterocycles. The van der Waals surface area contributed by atoms with Gasteiger partial charge in [0, 0.05) is 12.8 Å². The summed E-state index contributed by atoms with van der Waals surface area (Å²) < 4.78 is 5.14. The van der Waals surface area contributed by atoms with Crippen LogP contribution in [0.3, 0.4) is 0 Å². The average Bonchev–Trinajstić information content (AvgIpc) is 3.12. The van der Waals surface area contributed by atoms with Gasteiger partial charge in [0.05, 0.1) is 18.3 Å². The molecule has 1 atom stereocenters. The average molecular weight is 235 g/mol. The van der Waals surface area contributed by atoms with Gasteiger partial charge in [-0.05, 0) is 30.7 Å². The van der Waals surface area contributed by atoms with Crippen molar-refractivity contribution in [2.45, 2.75) is 45.3 Å². The van der Waals surface area contributed by atoms with Crippen molar-refractivity contribution in [3.8, 4) is 0 Å². The standard InChI is InChI=1S/C13H21N3O/c1-8(2)11-6-10(7-17-3)15-13(16-11)12(14)9-4-5-9/h6,8-9,12H,4-5,7,14H2,1-3H3. The van der Waals surface area contributed by atoms with Gasteiger partial charge in [-0.25, -0.2) is 9.97 Å². The Hall–Kier alpha value is -1.00. The second-order valence-corrected chi connectivity index (χ2v) is 5.09. The smallest absolute Gasteiger partial charge is 0.145 e. The molecule has 17 heavy (non-hydrogen) atoms. The van der Waals surface area contributed by atoms with Crippen molar-refractivity contribution in [2.75, 3.05) is 7.11 Å². The van der Waals surface area contributed by atoms with Crippen molar-refractivity contribution < 1.29 is 4.74 Å². The summed E-state index contributed by atoms with van der Waals surface area (Å²) in [6, 6.07) is 2.00. The van der Waals surface area contributed by atoms with E-state index < -0.39 is 0 Å². The third kappa shape index (κ3) is 3.01. The van der Waals surface area contributed by atoms with E-state index in [-0.39, 0.29) is 6.04 Å². The lowest BCUT2D eigenvalue weighted by Crippen LogP contribution is -2.18. The number of hydrogen-bond acceptors (Lipinski definition) is 4. The molecule has 4 heteroatoms. The SMILES string of the molecule is COCc1cc(C(C)C)nc(C(N)C2CC2)n1. The quantitative estimate of drug-likeness (QED) is 0.849. The number of ether oxygens (including phenoxy) is 1. The van der Waals surface area contributed by atoms with Gasteiger partial charge in [0.25, 0.3) is 0 Å². The van der Waals surface area contributed by atoms with Crippen LogP contribution in [-0.2, 0) is 11.3 Å². The molecule has 1 aliphatic rings. The molecule has 0 aliphatic heterocycles. The van der Waals surface area contributed by atoms with Crippen LogP contribution in [0.4, 0.5) is 0 Å². The molecular weight excluding hydrogens is 214 g/mol. The fourth-order valence-electron chi connectivity index (χ4n) is 1.87. The Morgan fingerprint density at radius 3 is 2.65 bits per heavy atom. The van der Waals surface area contributed by atoms with Gasteiger partial charge in [-0.15, -0.1) is 0 Å². The Balaban J connectivity index is 2.29. The molecule has 1 aliphatic carbocycles. The third-order valence-corrected chi connectivity index (χ3v) is 3.13. The minimum absolute atomic E-state index is 0.00990. The Kier molecular flexibility index (Phi) is 3.74. The van der Waals surface area contributed by atoms with Crippen molar-refractivity contribution in [3.05, 3.63) is 23.3 Å². The van der Waals surface area contributed by atoms with Gasteiger partial charge in [-0.3, -0.25) is 0 Å². The molecule has 94 valence electrons. The molecule has 0 bridgehead atoms. The molecule has 1 heterocycles. The van der Waals surface area contributed by atoms with E-state index in [1.165, 1.54) is 12.8 Å². The zero-order valence-corrected chi connectivity index (χ0v) is 10.8. The summed E-state index contributed by atoms with van der Waals surface area (Å²) >= 11 is 0. The van der Waals surface area contributed by atoms with E-state index in [1.807, 2.05) is 6.07 Å². The van der Waals surface area contributed by atoms with E-state index in [9.17, 15) is 0 Å². The molecule has 0 spiro atoms. The van der Waals surface area contributed by atoms with Crippen molar-refractivity contribution in [1.82, 2.24) is 9.97 Å². The van der Waals surface area contributed by atoms with E-state index in [0.717, 1.165) is 17.2 Å². The molecule has 4 nitrogen and oxygen atoms in total. The Bertz CT molecular complexity index is 388. The lowest BCUT2D eigenvalue weighted by molar-refractivity contribution is 0.181. The summed E-state index contributed by atoms with van der Waals surface area (Å²) in [4.78, 5) is 9.09. The Labute approximate surface area is 103 Å². The van der Waals surface area contributed by atoms with Crippen LogP contribution in [0.25, 0.3) is 0 Å². The lowest BCUT2D eigenvalue weighted by atomic mass is 10.1. The maximum atomic E-state index is 6.17. The maximum absolute atomic E-state index is 6.17. The van der Waals surface area contributed by atoms with Gasteiger partial charge in [0.15, 0.2) is 0 Å². The molecule has 2 rings (SSSR count). The normalized spacial score (nSPS) is 17.5. The molecule has 0 aromatic carbocycles. The zero-order chi connectivity index (χ0) is 12.4. The van der Waals surface area contributed by atoms with Gasteiger partial charge in [-0.1, -0.05) is 13.8 Å². The minimum atomic E-state index is -0.00990. The number of aromatic nitrogens is 2. The molecule has 1 fully saturated rings. The summed E-state index contributed by atoms with van der Waals surface area (Å²) in [7, 11) is 1.68. The fraction of sp³-hybridized carbons (Fsp3) is 0.692. The van der Waals surface area contributed by atoms with Crippen molar-refractivity contribution >= 4 is 0 Å². The predicted octanol–water partition coefficient (Wildman–Crippen LogP) is 2.16. The van der Waals surface area contributed by atoms with Crippen molar-refractivity contribution in [2.24, 2.45) is 11.7 Å². The Morgan fingerprint density at radius 1 is 1.41 bits per heavy atom. The summed E-state index contributed by atoms with van der Waals surface area (Å²) in [5.41, 5.74) is 8.15. The summed E-state index contributed by atoms with van der Waals surface area (Å²) in [5, 5.41) is 0. The number of hydrogen-bond donors (Lipinski definition) is 1. The second kappa shape index (κ2) is 5.10. The monoisotopic (exact) mass is 235 g/mol. The number of nitrogens with zero attached hydrogens (tertiary/aromatic N) is 2. The molecular formula is C13H21N3O. The van der Waals surface area contributed by atoms with Crippen molar-refractivity contribution in [1.29, 1.82) is 0 Å². The van der Waals surface area contributed by atoms with Crippen LogP contribution < -0.4 is 5.73 Å². The molecule has 1 saturated carbocycles. The van der Waals surface area contributed by atoms with Crippen LogP contribution >= 0.6 is 0 Å². The van der Waals surface area contributed by atoms with E-state index >= 15 is 0 Å². The van der Waals surface area contributed by atoms with E-state index in [0.29, 0.717) is 18.4 Å². The molecule has 0 amide bonds. The highest BCUT2D eigenvalue weighted by atomic mass is 16.5. The lowest BCUT2D eigenvalue weighted by Gasteiger charge is -2.14. The predicted molar refractivity (Wildman–Crippen MR) is 66.5 cm³/mol. The molecule has 0 radical (unpaired) electrons. The highest BCUT2D eigenvalue weighted by molar-refractivity contribution is 5.16. The van der Waals surface area contributed by atoms with Crippen LogP contribution in [0.15, 0.2) is 6.07 Å². The fourth-order valence-corrected chi connectivity index (χ4v) is 1.87. The van der Waals surface area contributed by atoms with Gasteiger partial charge in [0.2, 0.25) is 0 Å². The topological polar surface area (TPSA) is 61.0 Å². The first-order valence-corrected chi connectivity index (χ1v) is 6.24. The highest BCUT2D eigenvalue weighted by Crippen LogP contribution is 2.38. The maximum Gasteiger partial charge on any atom is 0.145 e. The van der Waals surface area contributed by atoms with Crippen LogP contribution in [-0.4, -0.2) is 17.1 Å². The van der Waals surface area contributed by atoms with Crippen molar-refractivity contribution in [3.63, 3.8) is 0 Å². The summed E-state index contributed by atoms with van der Waals surface area (Å²) in [6.07, 6.45) is 2.41. The van der Waals surface area contributed by atoms with Crippen LogP contribution in [0.1, 0.15) is 55.9 Å². The third-order valence-electron chi connectivity index (χ3n) is 3.13. The van der Waals surface area contributed by atoms with Crippen LogP contribution in [0.5, 0.6) is 0 Å². The van der Waals surface area contributed by atoms with E-state index in [4.69, 9.17) is 10.5 Å². The van der Waals surface area contributed by atoms with Gasteiger partial charge < -0.3 is 10.5 Å². The highest BCUT2D eigenvalue weighted by Gasteiger charge is 2.31. The Morgan fingerprint density at radius 2 is 2.12 bits per heavy atom. The number of methoxy groups -OCH3 is 1. The second-order valence-electron chi connectivity index (χ2n) is 5.09. The molecule has 2 N–H and O–H groups in total. The first kappa shape index (κ1) is 12.5. The molecule has 1 aromatic rings. The largest absolute Gasteiger partial charge is 0.378 e. The summed E-state index contributed by atoms with van der Waals surface area (Å²) in [6.45, 7) is 4.78. The van der Waals surface area contributed by atoms with Gasteiger partial charge in [0.1, 0.15) is 5.82 Å². The van der Waals surface area contributed by atoms with Crippen LogP contribution in [0.2, 0.25) is 0 Å². The molecule has 0 saturated heterocycles. The van der Waals surface area contributed by atoms with Gasteiger partial charge >= 0.3 is 0 Å². The van der Waals surface area contributed by atoms with E-state index in [1.54, 1.807) is 7.11 Å². The first-order valence-electron chi connectivity index (χ1n) is 6.24. The molecule has 1 unspecified atom stereocenters.